The number of nitrogens with one attached hydrogen (secondary N) is 1. The smallest absolute Gasteiger partial charge is 0.286 e. The third-order valence-electron chi connectivity index (χ3n) is 5.66. The van der Waals surface area contributed by atoms with Crippen molar-refractivity contribution in [3.8, 4) is 16.5 Å². The van der Waals surface area contributed by atoms with E-state index in [0.29, 0.717) is 11.4 Å². The Kier molecular flexibility index (Phi) is 6.67. The number of nitrogens with zero attached hydrogens (tertiary/aromatic N) is 1. The number of halogens is 1. The summed E-state index contributed by atoms with van der Waals surface area (Å²) < 4.78 is 0. The number of thioether (sulfide) groups is 1. The summed E-state index contributed by atoms with van der Waals surface area (Å²) in [6.07, 6.45) is 6.83. The van der Waals surface area contributed by atoms with Gasteiger partial charge in [0.25, 0.3) is 5.82 Å². The number of anilines is 1. The maximum absolute atomic E-state index is 9.88. The molecule has 0 spiro atoms. The number of aromatic nitrogens is 1. The predicted molar refractivity (Wildman–Crippen MR) is 127 cm³/mol. The number of aromatic amines is 1. The zero-order valence-corrected chi connectivity index (χ0v) is 19.4. The summed E-state index contributed by atoms with van der Waals surface area (Å²) in [5, 5.41) is 10.6. The number of pyridine rings is 1. The highest BCUT2D eigenvalue weighted by Gasteiger charge is 2.25. The van der Waals surface area contributed by atoms with Crippen molar-refractivity contribution in [3.05, 3.63) is 62.6 Å². The number of H-pyrrole nitrogens is 1. The van der Waals surface area contributed by atoms with Crippen LogP contribution in [0.1, 0.15) is 52.9 Å². The van der Waals surface area contributed by atoms with Crippen LogP contribution in [0.15, 0.2) is 35.2 Å². The molecule has 1 aliphatic rings. The van der Waals surface area contributed by atoms with Gasteiger partial charge < -0.3 is 0 Å². The molecule has 154 valence electrons. The molecule has 0 radical (unpaired) electrons. The Morgan fingerprint density at radius 1 is 1.17 bits per heavy atom. The van der Waals surface area contributed by atoms with E-state index in [0.717, 1.165) is 40.5 Å². The van der Waals surface area contributed by atoms with Gasteiger partial charge >= 0.3 is 0 Å². The second kappa shape index (κ2) is 9.43. The molecule has 0 saturated heterocycles. The van der Waals surface area contributed by atoms with Crippen LogP contribution in [0.5, 0.6) is 0 Å². The fourth-order valence-electron chi connectivity index (χ4n) is 4.05. The highest BCUT2D eigenvalue weighted by Crippen LogP contribution is 2.40. The highest BCUT2D eigenvalue weighted by atomic mass is 35.5. The molecule has 1 aliphatic carbocycles. The Bertz CT molecular complexity index is 1100. The molecule has 30 heavy (non-hydrogen) atoms. The largest absolute Gasteiger partial charge is 0.289 e. The minimum absolute atomic E-state index is 0.495. The van der Waals surface area contributed by atoms with E-state index >= 15 is 0 Å². The van der Waals surface area contributed by atoms with Crippen molar-refractivity contribution >= 4 is 40.5 Å². The fourth-order valence-corrected chi connectivity index (χ4v) is 6.34. The Labute approximate surface area is 191 Å². The van der Waals surface area contributed by atoms with E-state index in [1.165, 1.54) is 45.9 Å². The lowest BCUT2D eigenvalue weighted by Gasteiger charge is -2.16. The van der Waals surface area contributed by atoms with Gasteiger partial charge in [0.15, 0.2) is 0 Å². The van der Waals surface area contributed by atoms with Gasteiger partial charge in [-0.25, -0.2) is 4.98 Å². The zero-order chi connectivity index (χ0) is 21.1. The Morgan fingerprint density at radius 3 is 2.63 bits per heavy atom. The lowest BCUT2D eigenvalue weighted by Crippen LogP contribution is -2.23. The van der Waals surface area contributed by atoms with Crippen LogP contribution in [0, 0.1) is 18.3 Å². The first kappa shape index (κ1) is 21.2. The molecule has 4 rings (SSSR count). The monoisotopic (exact) mass is 454 g/mol. The minimum atomic E-state index is 0.495. The first-order valence-electron chi connectivity index (χ1n) is 10.3. The molecule has 3 aromatic rings. The van der Waals surface area contributed by atoms with E-state index in [1.54, 1.807) is 23.1 Å². The van der Waals surface area contributed by atoms with Crippen molar-refractivity contribution in [1.29, 1.82) is 5.26 Å². The van der Waals surface area contributed by atoms with Crippen LogP contribution in [-0.4, -0.2) is 0 Å². The predicted octanol–water partition coefficient (Wildman–Crippen LogP) is 6.60. The topological polar surface area (TPSA) is 64.0 Å². The van der Waals surface area contributed by atoms with E-state index < -0.39 is 0 Å². The number of aryl methyl sites for hydroxylation is 2. The maximum Gasteiger partial charge on any atom is 0.289 e. The fraction of sp³-hybridized carbons (Fsp3) is 0.333. The maximum atomic E-state index is 9.88. The molecule has 2 heterocycles. The first-order valence-corrected chi connectivity index (χ1v) is 12.5. The molecular formula is C24H25ClN3S2+. The van der Waals surface area contributed by atoms with Crippen LogP contribution in [-0.2, 0) is 18.6 Å². The third-order valence-corrected chi connectivity index (χ3v) is 8.08. The molecule has 0 fully saturated rings. The van der Waals surface area contributed by atoms with E-state index in [1.807, 2.05) is 12.1 Å². The Balaban J connectivity index is 1.70. The van der Waals surface area contributed by atoms with E-state index in [2.05, 4.69) is 36.2 Å². The normalized spacial score (nSPS) is 13.9. The molecule has 3 N–H and O–H groups in total. The molecule has 1 aromatic carbocycles. The van der Waals surface area contributed by atoms with Crippen molar-refractivity contribution in [3.63, 3.8) is 0 Å². The minimum Gasteiger partial charge on any atom is -0.286 e. The second-order valence-corrected chi connectivity index (χ2v) is 10.4. The van der Waals surface area contributed by atoms with Crippen LogP contribution in [0.3, 0.4) is 0 Å². The van der Waals surface area contributed by atoms with Crippen molar-refractivity contribution in [2.45, 2.75) is 56.1 Å². The van der Waals surface area contributed by atoms with Gasteiger partial charge in [0.1, 0.15) is 17.3 Å². The van der Waals surface area contributed by atoms with Gasteiger partial charge in [-0.3, -0.25) is 5.73 Å². The molecular weight excluding hydrogens is 430 g/mol. The summed E-state index contributed by atoms with van der Waals surface area (Å²) in [6.45, 7) is 2.17. The molecule has 0 aliphatic heterocycles. The van der Waals surface area contributed by atoms with Crippen LogP contribution >= 0.6 is 34.7 Å². The molecule has 0 saturated carbocycles. The van der Waals surface area contributed by atoms with Crippen LogP contribution in [0.25, 0.3) is 10.4 Å². The van der Waals surface area contributed by atoms with E-state index in [-0.39, 0.29) is 0 Å². The number of hydrogen-bond donors (Lipinski definition) is 1. The number of nitrogens with two attached hydrogens (primary N) is 1. The summed E-state index contributed by atoms with van der Waals surface area (Å²) in [6, 6.07) is 12.6. The SMILES string of the molecule is Cc1sc(-c2c(C#N)c(N)[nH+]c3c2CCCCCC3)cc1CSc1ccc(Cl)cc1. The van der Waals surface area contributed by atoms with E-state index in [9.17, 15) is 5.26 Å². The quantitative estimate of drug-likeness (QED) is 0.452. The molecule has 0 bridgehead atoms. The number of thiophene rings is 1. The standard InChI is InChI=1S/C24H24ClN3S2/c1-15-16(14-29-18-10-8-17(25)9-11-18)12-22(30-15)23-19-6-4-2-3-5-7-21(19)28-24(27)20(23)13-26/h8-12H,2-7,14H2,1H3,(H2,27,28)/p+1. The summed E-state index contributed by atoms with van der Waals surface area (Å²) in [7, 11) is 0. The number of fused-ring (bicyclic) bond motifs is 1. The molecule has 0 atom stereocenters. The summed E-state index contributed by atoms with van der Waals surface area (Å²) in [4.78, 5) is 7.00. The van der Waals surface area contributed by atoms with Gasteiger partial charge in [0.05, 0.1) is 0 Å². The van der Waals surface area contributed by atoms with Gasteiger partial charge in [-0.2, -0.15) is 5.26 Å². The highest BCUT2D eigenvalue weighted by molar-refractivity contribution is 7.98. The summed E-state index contributed by atoms with van der Waals surface area (Å²) in [5.41, 5.74) is 11.7. The van der Waals surface area contributed by atoms with Crippen LogP contribution < -0.4 is 10.7 Å². The van der Waals surface area contributed by atoms with E-state index in [4.69, 9.17) is 17.3 Å². The lowest BCUT2D eigenvalue weighted by atomic mass is 9.90. The Hall–Kier alpha value is -2.00. The second-order valence-electron chi connectivity index (χ2n) is 7.71. The van der Waals surface area contributed by atoms with Crippen LogP contribution in [0.4, 0.5) is 5.82 Å². The van der Waals surface area contributed by atoms with Gasteiger partial charge in [-0.15, -0.1) is 23.1 Å². The van der Waals surface area contributed by atoms with Gasteiger partial charge in [0, 0.05) is 43.0 Å². The van der Waals surface area contributed by atoms with Gasteiger partial charge in [-0.05, 0) is 62.1 Å². The van der Waals surface area contributed by atoms with Gasteiger partial charge in [-0.1, -0.05) is 24.4 Å². The number of nitriles is 1. The molecule has 0 amide bonds. The molecule has 0 unspecified atom stereocenters. The van der Waals surface area contributed by atoms with Gasteiger partial charge in [0.2, 0.25) is 0 Å². The average molecular weight is 455 g/mol. The third kappa shape index (κ3) is 4.51. The van der Waals surface area contributed by atoms with Crippen LogP contribution in [0.2, 0.25) is 5.02 Å². The molecule has 2 aromatic heterocycles. The zero-order valence-electron chi connectivity index (χ0n) is 17.1. The van der Waals surface area contributed by atoms with Crippen molar-refractivity contribution < 1.29 is 4.98 Å². The Morgan fingerprint density at radius 2 is 1.90 bits per heavy atom. The lowest BCUT2D eigenvalue weighted by molar-refractivity contribution is -0.374. The average Bonchev–Trinajstić information content (AvgIpc) is 3.08. The number of hydrogen-bond acceptors (Lipinski definition) is 4. The van der Waals surface area contributed by atoms with Crippen molar-refractivity contribution in [1.82, 2.24) is 0 Å². The van der Waals surface area contributed by atoms with Crippen molar-refractivity contribution in [2.24, 2.45) is 0 Å². The molecule has 3 nitrogen and oxygen atoms in total. The summed E-state index contributed by atoms with van der Waals surface area (Å²) >= 11 is 9.58. The van der Waals surface area contributed by atoms with Crippen molar-refractivity contribution in [2.75, 3.05) is 5.73 Å². The summed E-state index contributed by atoms with van der Waals surface area (Å²) in [5.74, 6) is 1.39. The first-order chi connectivity index (χ1) is 14.6. The number of benzene rings is 1. The number of rotatable bonds is 4. The molecule has 6 heteroatoms. The number of nitrogen functional groups attached to an aromatic ring is 1.